The smallest absolute Gasteiger partial charge is 0.318 e. The van der Waals surface area contributed by atoms with E-state index in [1.54, 1.807) is 12.1 Å². The van der Waals surface area contributed by atoms with E-state index in [-0.39, 0.29) is 10.9 Å². The third-order valence-electron chi connectivity index (χ3n) is 3.43. The minimum Gasteiger partial charge on any atom is -0.480 e. The normalized spacial score (nSPS) is 16.7. The van der Waals surface area contributed by atoms with Gasteiger partial charge in [-0.1, -0.05) is 34.8 Å². The summed E-state index contributed by atoms with van der Waals surface area (Å²) in [7, 11) is -3.78. The second-order valence-electron chi connectivity index (χ2n) is 4.84. The molecule has 1 aliphatic rings. The number of carboxylic acid groups (broad SMARTS) is 1. The van der Waals surface area contributed by atoms with Gasteiger partial charge in [-0.2, -0.15) is 4.31 Å². The maximum absolute atomic E-state index is 12.6. The first-order chi connectivity index (χ1) is 9.41. The lowest BCUT2D eigenvalue weighted by atomic mass is 10.2. The van der Waals surface area contributed by atoms with Gasteiger partial charge in [0, 0.05) is 10.5 Å². The summed E-state index contributed by atoms with van der Waals surface area (Å²) < 4.78 is 27.1. The largest absolute Gasteiger partial charge is 0.480 e. The predicted octanol–water partition coefficient (Wildman–Crippen LogP) is 2.47. The highest BCUT2D eigenvalue weighted by Gasteiger charge is 2.34. The quantitative estimate of drug-likeness (QED) is 0.873. The van der Waals surface area contributed by atoms with Gasteiger partial charge in [-0.3, -0.25) is 4.79 Å². The minimum atomic E-state index is -3.78. The van der Waals surface area contributed by atoms with E-state index in [1.807, 2.05) is 0 Å². The molecule has 0 spiro atoms. The van der Waals surface area contributed by atoms with Crippen molar-refractivity contribution in [3.63, 3.8) is 0 Å². The Hall–Kier alpha value is -0.920. The van der Waals surface area contributed by atoms with E-state index in [0.717, 1.165) is 30.0 Å². The van der Waals surface area contributed by atoms with Crippen LogP contribution in [0, 0.1) is 0 Å². The van der Waals surface area contributed by atoms with E-state index in [4.69, 9.17) is 5.11 Å². The summed E-state index contributed by atoms with van der Waals surface area (Å²) in [6, 6.07) is 6.14. The van der Waals surface area contributed by atoms with Gasteiger partial charge in [0.25, 0.3) is 0 Å². The topological polar surface area (TPSA) is 74.7 Å². The van der Waals surface area contributed by atoms with E-state index in [9.17, 15) is 13.2 Å². The fourth-order valence-electron chi connectivity index (χ4n) is 2.50. The standard InChI is InChI=1S/C13H16BrNO4S/c14-10-4-3-7-12(8-10)20(18,19)15(9-13(16)17)11-5-1-2-6-11/h3-4,7-8,11H,1-2,5-6,9H2,(H,16,17). The summed E-state index contributed by atoms with van der Waals surface area (Å²) in [4.78, 5) is 11.1. The van der Waals surface area contributed by atoms with Crippen molar-refractivity contribution < 1.29 is 18.3 Å². The molecule has 0 bridgehead atoms. The highest BCUT2D eigenvalue weighted by atomic mass is 79.9. The Kier molecular flexibility index (Phi) is 4.82. The molecule has 5 nitrogen and oxygen atoms in total. The number of sulfonamides is 1. The minimum absolute atomic E-state index is 0.125. The number of aliphatic carboxylic acids is 1. The number of carbonyl (C=O) groups is 1. The number of nitrogens with zero attached hydrogens (tertiary/aromatic N) is 1. The number of halogens is 1. The molecule has 7 heteroatoms. The van der Waals surface area contributed by atoms with Gasteiger partial charge in [0.1, 0.15) is 6.54 Å². The first kappa shape index (κ1) is 15.5. The van der Waals surface area contributed by atoms with Crippen LogP contribution in [0.1, 0.15) is 25.7 Å². The second kappa shape index (κ2) is 6.24. The maximum Gasteiger partial charge on any atom is 0.318 e. The Labute approximate surface area is 126 Å². The predicted molar refractivity (Wildman–Crippen MR) is 77.9 cm³/mol. The highest BCUT2D eigenvalue weighted by molar-refractivity contribution is 9.10. The van der Waals surface area contributed by atoms with Crippen LogP contribution in [0.2, 0.25) is 0 Å². The average Bonchev–Trinajstić information content (AvgIpc) is 2.89. The van der Waals surface area contributed by atoms with Crippen LogP contribution in [0.25, 0.3) is 0 Å². The molecule has 1 aromatic carbocycles. The van der Waals surface area contributed by atoms with Gasteiger partial charge < -0.3 is 5.11 Å². The number of carboxylic acids is 1. The fourth-order valence-corrected chi connectivity index (χ4v) is 4.73. The molecule has 1 aromatic rings. The van der Waals surface area contributed by atoms with Gasteiger partial charge in [0.05, 0.1) is 4.90 Å². The summed E-state index contributed by atoms with van der Waals surface area (Å²) in [5, 5.41) is 8.99. The molecule has 1 saturated carbocycles. The molecular formula is C13H16BrNO4S. The van der Waals surface area contributed by atoms with Gasteiger partial charge >= 0.3 is 5.97 Å². The number of benzene rings is 1. The van der Waals surface area contributed by atoms with Gasteiger partial charge in [-0.15, -0.1) is 0 Å². The number of hydrogen-bond donors (Lipinski definition) is 1. The van der Waals surface area contributed by atoms with Gasteiger partial charge in [-0.05, 0) is 31.0 Å². The van der Waals surface area contributed by atoms with Crippen molar-refractivity contribution in [2.75, 3.05) is 6.54 Å². The molecule has 20 heavy (non-hydrogen) atoms. The van der Waals surface area contributed by atoms with E-state index < -0.39 is 22.5 Å². The van der Waals surface area contributed by atoms with Crippen molar-refractivity contribution in [1.82, 2.24) is 4.31 Å². The average molecular weight is 362 g/mol. The molecule has 110 valence electrons. The van der Waals surface area contributed by atoms with Gasteiger partial charge in [-0.25, -0.2) is 8.42 Å². The molecule has 0 radical (unpaired) electrons. The van der Waals surface area contributed by atoms with Gasteiger partial charge in [0.15, 0.2) is 0 Å². The van der Waals surface area contributed by atoms with E-state index in [0.29, 0.717) is 4.47 Å². The summed E-state index contributed by atoms with van der Waals surface area (Å²) in [5.74, 6) is -1.13. The Morgan fingerprint density at radius 2 is 2.00 bits per heavy atom. The van der Waals surface area contributed by atoms with Crippen LogP contribution in [0.3, 0.4) is 0 Å². The van der Waals surface area contributed by atoms with Crippen molar-refractivity contribution >= 4 is 31.9 Å². The van der Waals surface area contributed by atoms with Crippen LogP contribution in [-0.2, 0) is 14.8 Å². The van der Waals surface area contributed by atoms with Crippen molar-refractivity contribution in [2.45, 2.75) is 36.6 Å². The molecule has 0 amide bonds. The zero-order valence-corrected chi connectivity index (χ0v) is 13.2. The molecule has 0 aliphatic heterocycles. The van der Waals surface area contributed by atoms with Crippen molar-refractivity contribution in [1.29, 1.82) is 0 Å². The Balaban J connectivity index is 2.37. The molecule has 2 rings (SSSR count). The lowest BCUT2D eigenvalue weighted by molar-refractivity contribution is -0.137. The summed E-state index contributed by atoms with van der Waals surface area (Å²) in [6.07, 6.45) is 3.32. The molecule has 0 heterocycles. The highest BCUT2D eigenvalue weighted by Crippen LogP contribution is 2.29. The van der Waals surface area contributed by atoms with Crippen molar-refractivity contribution in [3.8, 4) is 0 Å². The Bertz CT molecular complexity index is 596. The zero-order valence-electron chi connectivity index (χ0n) is 10.8. The molecule has 1 aliphatic carbocycles. The molecule has 0 aromatic heterocycles. The molecule has 1 fully saturated rings. The van der Waals surface area contributed by atoms with Crippen LogP contribution in [0.5, 0.6) is 0 Å². The van der Waals surface area contributed by atoms with E-state index >= 15 is 0 Å². The van der Waals surface area contributed by atoms with Crippen LogP contribution in [-0.4, -0.2) is 36.4 Å². The van der Waals surface area contributed by atoms with Crippen molar-refractivity contribution in [3.05, 3.63) is 28.7 Å². The number of rotatable bonds is 5. The van der Waals surface area contributed by atoms with Crippen LogP contribution in [0.4, 0.5) is 0 Å². The summed E-state index contributed by atoms with van der Waals surface area (Å²) >= 11 is 3.24. The zero-order chi connectivity index (χ0) is 14.8. The van der Waals surface area contributed by atoms with Crippen LogP contribution < -0.4 is 0 Å². The maximum atomic E-state index is 12.6. The number of hydrogen-bond acceptors (Lipinski definition) is 3. The van der Waals surface area contributed by atoms with Crippen LogP contribution >= 0.6 is 15.9 Å². The monoisotopic (exact) mass is 361 g/mol. The third-order valence-corrected chi connectivity index (χ3v) is 5.81. The molecule has 0 saturated heterocycles. The van der Waals surface area contributed by atoms with Gasteiger partial charge in [0.2, 0.25) is 10.0 Å². The Morgan fingerprint density at radius 3 is 2.55 bits per heavy atom. The third kappa shape index (κ3) is 3.39. The van der Waals surface area contributed by atoms with E-state index in [1.165, 1.54) is 12.1 Å². The molecule has 0 unspecified atom stereocenters. The molecule has 0 atom stereocenters. The fraction of sp³-hybridized carbons (Fsp3) is 0.462. The second-order valence-corrected chi connectivity index (χ2v) is 7.65. The van der Waals surface area contributed by atoms with E-state index in [2.05, 4.69) is 15.9 Å². The first-order valence-corrected chi connectivity index (χ1v) is 8.64. The summed E-state index contributed by atoms with van der Waals surface area (Å²) in [5.41, 5.74) is 0. The SMILES string of the molecule is O=C(O)CN(C1CCCC1)S(=O)(=O)c1cccc(Br)c1. The summed E-state index contributed by atoms with van der Waals surface area (Å²) in [6.45, 7) is -0.487. The lowest BCUT2D eigenvalue weighted by Gasteiger charge is -2.26. The first-order valence-electron chi connectivity index (χ1n) is 6.40. The molecule has 1 N–H and O–H groups in total. The van der Waals surface area contributed by atoms with Crippen LogP contribution in [0.15, 0.2) is 33.6 Å². The van der Waals surface area contributed by atoms with Crippen molar-refractivity contribution in [2.24, 2.45) is 0 Å². The lowest BCUT2D eigenvalue weighted by Crippen LogP contribution is -2.42. The molecular weight excluding hydrogens is 346 g/mol. The Morgan fingerprint density at radius 1 is 1.35 bits per heavy atom.